The van der Waals surface area contributed by atoms with E-state index in [9.17, 15) is 9.59 Å². The number of piperidine rings is 1. The maximum atomic E-state index is 12.7. The van der Waals surface area contributed by atoms with Gasteiger partial charge in [0, 0.05) is 61.8 Å². The summed E-state index contributed by atoms with van der Waals surface area (Å²) in [7, 11) is 1.70. The summed E-state index contributed by atoms with van der Waals surface area (Å²) in [5.74, 6) is 0.400. The summed E-state index contributed by atoms with van der Waals surface area (Å²) < 4.78 is 0. The van der Waals surface area contributed by atoms with Crippen molar-refractivity contribution in [2.24, 2.45) is 16.3 Å². The Balaban J connectivity index is 0.00000149. The molecule has 1 saturated carbocycles. The molecule has 7 nitrogen and oxygen atoms in total. The van der Waals surface area contributed by atoms with Crippen LogP contribution in [0.1, 0.15) is 50.5 Å². The summed E-state index contributed by atoms with van der Waals surface area (Å²) in [5.41, 5.74) is 3.11. The number of H-pyrrole nitrogens is 1. The second kappa shape index (κ2) is 10.6. The van der Waals surface area contributed by atoms with E-state index >= 15 is 0 Å². The highest BCUT2D eigenvalue weighted by Gasteiger charge is 2.54. The third-order valence-electron chi connectivity index (χ3n) is 6.79. The maximum Gasteiger partial charge on any atom is 0.267 e. The van der Waals surface area contributed by atoms with Gasteiger partial charge in [0.15, 0.2) is 0 Å². The Labute approximate surface area is 196 Å². The fraction of sp³-hybridized carbons (Fsp3) is 0.462. The summed E-state index contributed by atoms with van der Waals surface area (Å²) in [6, 6.07) is 3.69. The predicted octanol–water partition coefficient (Wildman–Crippen LogP) is 4.15. The normalized spacial score (nSPS) is 19.3. The number of aliphatic imine (C=N–C) groups is 1. The number of carbonyl (C=O) groups is 2. The minimum atomic E-state index is -0.0833. The molecule has 0 aromatic carbocycles. The molecule has 176 valence electrons. The fourth-order valence-electron chi connectivity index (χ4n) is 4.54. The smallest absolute Gasteiger partial charge is 0.267 e. The number of amides is 2. The van der Waals surface area contributed by atoms with E-state index in [4.69, 9.17) is 0 Å². The van der Waals surface area contributed by atoms with Crippen LogP contribution in [-0.4, -0.2) is 59.6 Å². The van der Waals surface area contributed by atoms with Gasteiger partial charge in [0.1, 0.15) is 5.69 Å². The van der Waals surface area contributed by atoms with Gasteiger partial charge in [0.2, 0.25) is 0 Å². The summed E-state index contributed by atoms with van der Waals surface area (Å²) in [6.45, 7) is 12.0. The molecule has 1 atom stereocenters. The number of nitrogens with zero attached hydrogens (tertiary/aromatic N) is 3. The highest BCUT2D eigenvalue weighted by Crippen LogP contribution is 2.59. The van der Waals surface area contributed by atoms with Crippen LogP contribution in [0.15, 0.2) is 53.3 Å². The van der Waals surface area contributed by atoms with E-state index in [0.29, 0.717) is 23.7 Å². The molecule has 33 heavy (non-hydrogen) atoms. The van der Waals surface area contributed by atoms with E-state index < -0.39 is 0 Å². The van der Waals surface area contributed by atoms with Crippen molar-refractivity contribution in [3.8, 4) is 0 Å². The van der Waals surface area contributed by atoms with Crippen molar-refractivity contribution in [3.05, 3.63) is 54.0 Å². The first kappa shape index (κ1) is 24.4. The highest BCUT2D eigenvalue weighted by atomic mass is 16.2. The number of hydrogen-bond donors (Lipinski definition) is 2. The van der Waals surface area contributed by atoms with Crippen LogP contribution in [0.5, 0.6) is 0 Å². The lowest BCUT2D eigenvalue weighted by Crippen LogP contribution is -2.41. The molecule has 1 saturated heterocycles. The molecule has 2 amide bonds. The Morgan fingerprint density at radius 2 is 2.09 bits per heavy atom. The second-order valence-electron chi connectivity index (χ2n) is 8.65. The molecule has 1 spiro atoms. The third-order valence-corrected chi connectivity index (χ3v) is 6.79. The maximum absolute atomic E-state index is 12.7. The molecule has 1 aliphatic heterocycles. The molecule has 2 aromatic heterocycles. The van der Waals surface area contributed by atoms with Crippen molar-refractivity contribution in [2.75, 3.05) is 26.7 Å². The minimum absolute atomic E-state index is 0.00640. The van der Waals surface area contributed by atoms with Gasteiger partial charge >= 0.3 is 0 Å². The highest BCUT2D eigenvalue weighted by molar-refractivity contribution is 5.98. The number of hydrogen-bond acceptors (Lipinski definition) is 4. The Morgan fingerprint density at radius 3 is 2.76 bits per heavy atom. The van der Waals surface area contributed by atoms with Crippen molar-refractivity contribution in [3.63, 3.8) is 0 Å². The van der Waals surface area contributed by atoms with Crippen LogP contribution >= 0.6 is 0 Å². The van der Waals surface area contributed by atoms with Gasteiger partial charge in [-0.3, -0.25) is 19.6 Å². The number of rotatable bonds is 6. The molecule has 1 aliphatic carbocycles. The van der Waals surface area contributed by atoms with Crippen molar-refractivity contribution >= 4 is 28.9 Å². The SMILES string of the molecule is C=C(C(=O)N1CCC2(CC1)CC2CNC(=O)c1cc2cnccc2[nH]1)/C(C)=C\C=NC.CC. The molecule has 4 rings (SSSR count). The van der Waals surface area contributed by atoms with Crippen LogP contribution in [-0.2, 0) is 4.79 Å². The molecule has 2 N–H and O–H groups in total. The van der Waals surface area contributed by atoms with Crippen molar-refractivity contribution in [1.29, 1.82) is 0 Å². The zero-order chi connectivity index (χ0) is 24.0. The van der Waals surface area contributed by atoms with Gasteiger partial charge in [-0.05, 0) is 61.3 Å². The van der Waals surface area contributed by atoms with E-state index in [2.05, 4.69) is 26.9 Å². The molecular formula is C26H35N5O2. The lowest BCUT2D eigenvalue weighted by atomic mass is 9.90. The molecular weight excluding hydrogens is 414 g/mol. The zero-order valence-corrected chi connectivity index (χ0v) is 20.1. The summed E-state index contributed by atoms with van der Waals surface area (Å²) in [4.78, 5) is 38.3. The number of carbonyl (C=O) groups excluding carboxylic acids is 2. The number of aromatic nitrogens is 2. The van der Waals surface area contributed by atoms with Gasteiger partial charge < -0.3 is 15.2 Å². The molecule has 3 heterocycles. The van der Waals surface area contributed by atoms with Gasteiger partial charge in [0.05, 0.1) is 0 Å². The number of likely N-dealkylation sites (tertiary alicyclic amines) is 1. The van der Waals surface area contributed by atoms with E-state index in [-0.39, 0.29) is 17.2 Å². The summed E-state index contributed by atoms with van der Waals surface area (Å²) in [6.07, 6.45) is 10.0. The first-order valence-electron chi connectivity index (χ1n) is 11.7. The Kier molecular flexibility index (Phi) is 7.84. The lowest BCUT2D eigenvalue weighted by molar-refractivity contribution is -0.128. The molecule has 1 unspecified atom stereocenters. The quantitative estimate of drug-likeness (QED) is 0.394. The monoisotopic (exact) mass is 449 g/mol. The number of nitrogens with one attached hydrogen (secondary N) is 2. The molecule has 2 aliphatic rings. The first-order valence-corrected chi connectivity index (χ1v) is 11.7. The van der Waals surface area contributed by atoms with Gasteiger partial charge in [-0.25, -0.2) is 0 Å². The summed E-state index contributed by atoms with van der Waals surface area (Å²) in [5, 5.41) is 4.01. The van der Waals surface area contributed by atoms with Crippen LogP contribution in [0.25, 0.3) is 10.9 Å². The summed E-state index contributed by atoms with van der Waals surface area (Å²) >= 11 is 0. The van der Waals surface area contributed by atoms with E-state index in [1.165, 1.54) is 0 Å². The minimum Gasteiger partial charge on any atom is -0.350 e. The van der Waals surface area contributed by atoms with Gasteiger partial charge in [0.25, 0.3) is 11.8 Å². The number of fused-ring (bicyclic) bond motifs is 1. The van der Waals surface area contributed by atoms with Crippen LogP contribution < -0.4 is 5.32 Å². The molecule has 7 heteroatoms. The van der Waals surface area contributed by atoms with Crippen LogP contribution in [0.2, 0.25) is 0 Å². The average molecular weight is 450 g/mol. The number of pyridine rings is 1. The second-order valence-corrected chi connectivity index (χ2v) is 8.65. The topological polar surface area (TPSA) is 90.5 Å². The molecule has 2 fully saturated rings. The van der Waals surface area contributed by atoms with E-state index in [0.717, 1.165) is 48.8 Å². The Morgan fingerprint density at radius 1 is 1.36 bits per heavy atom. The molecule has 0 bridgehead atoms. The van der Waals surface area contributed by atoms with Crippen LogP contribution in [0.3, 0.4) is 0 Å². The van der Waals surface area contributed by atoms with Gasteiger partial charge in [-0.1, -0.05) is 20.4 Å². The molecule has 0 radical (unpaired) electrons. The average Bonchev–Trinajstić information content (AvgIpc) is 3.32. The first-order chi connectivity index (χ1) is 15.9. The van der Waals surface area contributed by atoms with Crippen molar-refractivity contribution < 1.29 is 9.59 Å². The Bertz CT molecular complexity index is 1040. The fourth-order valence-corrected chi connectivity index (χ4v) is 4.54. The van der Waals surface area contributed by atoms with Gasteiger partial charge in [-0.15, -0.1) is 0 Å². The van der Waals surface area contributed by atoms with E-state index in [1.54, 1.807) is 25.7 Å². The van der Waals surface area contributed by atoms with Gasteiger partial charge in [-0.2, -0.15) is 0 Å². The standard InChI is InChI=1S/C24H29N5O2.C2H6/c1-16(4-8-25-3)17(2)23(31)29-10-6-24(7-11-29)13-19(24)15-27-22(30)21-12-18-14-26-9-5-20(18)28-21;1-2/h4-5,8-9,12,14,19,28H,2,6-7,10-11,13,15H2,1,3H3,(H,27,30);1-2H3/b16-4-,25-8?;. The lowest BCUT2D eigenvalue weighted by Gasteiger charge is -2.33. The largest absolute Gasteiger partial charge is 0.350 e. The number of allylic oxidation sites excluding steroid dienone is 1. The molecule has 2 aromatic rings. The van der Waals surface area contributed by atoms with Crippen molar-refractivity contribution in [1.82, 2.24) is 20.2 Å². The number of aromatic amines is 1. The zero-order valence-electron chi connectivity index (χ0n) is 20.1. The van der Waals surface area contributed by atoms with Crippen LogP contribution in [0.4, 0.5) is 0 Å². The predicted molar refractivity (Wildman–Crippen MR) is 133 cm³/mol. The van der Waals surface area contributed by atoms with Crippen LogP contribution in [0, 0.1) is 11.3 Å². The Hall–Kier alpha value is -3.22. The van der Waals surface area contributed by atoms with E-state index in [1.807, 2.05) is 43.9 Å². The van der Waals surface area contributed by atoms with Crippen molar-refractivity contribution in [2.45, 2.75) is 40.0 Å². The third kappa shape index (κ3) is 5.41.